The van der Waals surface area contributed by atoms with E-state index in [9.17, 15) is 13.6 Å². The lowest BCUT2D eigenvalue weighted by Crippen LogP contribution is -2.10. The van der Waals surface area contributed by atoms with Crippen molar-refractivity contribution in [3.05, 3.63) is 35.1 Å². The van der Waals surface area contributed by atoms with Crippen molar-refractivity contribution in [3.63, 3.8) is 0 Å². The smallest absolute Gasteiger partial charge is 0.235 e. The highest BCUT2D eigenvalue weighted by Crippen LogP contribution is 2.15. The van der Waals surface area contributed by atoms with Crippen molar-refractivity contribution in [2.45, 2.75) is 12.6 Å². The van der Waals surface area contributed by atoms with E-state index in [1.54, 1.807) is 0 Å². The highest BCUT2D eigenvalue weighted by atomic mass is 35.5. The van der Waals surface area contributed by atoms with Crippen LogP contribution >= 0.6 is 11.6 Å². The molecule has 0 N–H and O–H groups in total. The molecule has 0 fully saturated rings. The summed E-state index contributed by atoms with van der Waals surface area (Å²) < 4.78 is 25.0. The first kappa shape index (κ1) is 10.1. The number of hydrogen-bond donors (Lipinski definition) is 0. The molecule has 0 saturated carbocycles. The van der Waals surface area contributed by atoms with Gasteiger partial charge >= 0.3 is 0 Å². The van der Waals surface area contributed by atoms with Crippen LogP contribution in [0.4, 0.5) is 8.78 Å². The number of benzene rings is 1. The zero-order valence-corrected chi connectivity index (χ0v) is 7.61. The summed E-state index contributed by atoms with van der Waals surface area (Å²) in [5.74, 6) is -1.29. The molecule has 0 bridgehead atoms. The van der Waals surface area contributed by atoms with Crippen molar-refractivity contribution in [1.82, 2.24) is 0 Å². The van der Waals surface area contributed by atoms with Gasteiger partial charge < -0.3 is 0 Å². The summed E-state index contributed by atoms with van der Waals surface area (Å²) in [5, 5.41) is 0. The van der Waals surface area contributed by atoms with E-state index in [1.807, 2.05) is 0 Å². The van der Waals surface area contributed by atoms with Crippen LogP contribution in [0.25, 0.3) is 0 Å². The molecule has 0 aromatic heterocycles. The third-order valence-corrected chi connectivity index (χ3v) is 1.85. The SMILES string of the molecule is Cc1cc(F)ccc1C(=O)C(F)Cl. The van der Waals surface area contributed by atoms with Crippen LogP contribution in [-0.2, 0) is 0 Å². The van der Waals surface area contributed by atoms with E-state index in [2.05, 4.69) is 0 Å². The second-order valence-corrected chi connectivity index (χ2v) is 3.01. The summed E-state index contributed by atoms with van der Waals surface area (Å²) in [7, 11) is 0. The number of carbonyl (C=O) groups is 1. The van der Waals surface area contributed by atoms with Crippen LogP contribution in [0.5, 0.6) is 0 Å². The van der Waals surface area contributed by atoms with Crippen molar-refractivity contribution >= 4 is 17.4 Å². The molecule has 0 heterocycles. The average molecular weight is 205 g/mol. The lowest BCUT2D eigenvalue weighted by atomic mass is 10.1. The predicted octanol–water partition coefficient (Wildman–Crippen LogP) is 2.85. The van der Waals surface area contributed by atoms with Crippen LogP contribution in [0.2, 0.25) is 0 Å². The van der Waals surface area contributed by atoms with Crippen molar-refractivity contribution in [1.29, 1.82) is 0 Å². The van der Waals surface area contributed by atoms with Crippen LogP contribution in [0, 0.1) is 12.7 Å². The molecule has 0 aliphatic heterocycles. The minimum atomic E-state index is -2.07. The van der Waals surface area contributed by atoms with E-state index >= 15 is 0 Å². The fraction of sp³-hybridized carbons (Fsp3) is 0.222. The molecule has 1 rings (SSSR count). The summed E-state index contributed by atoms with van der Waals surface area (Å²) in [4.78, 5) is 11.0. The summed E-state index contributed by atoms with van der Waals surface area (Å²) in [5.41, 5.74) is -1.57. The molecule has 1 atom stereocenters. The summed E-state index contributed by atoms with van der Waals surface area (Å²) in [6.45, 7) is 1.52. The molecule has 0 aliphatic rings. The maximum Gasteiger partial charge on any atom is 0.235 e. The van der Waals surface area contributed by atoms with Crippen LogP contribution in [-0.4, -0.2) is 11.4 Å². The largest absolute Gasteiger partial charge is 0.289 e. The molecule has 1 aromatic carbocycles. The Balaban J connectivity index is 3.09. The fourth-order valence-corrected chi connectivity index (χ4v) is 1.14. The number of Topliss-reactive ketones (excluding diaryl/α,β-unsaturated/α-hetero) is 1. The first-order chi connectivity index (χ1) is 6.02. The molecule has 0 saturated heterocycles. The van der Waals surface area contributed by atoms with Gasteiger partial charge in [0.1, 0.15) is 5.82 Å². The van der Waals surface area contributed by atoms with Gasteiger partial charge in [-0.3, -0.25) is 4.79 Å². The number of carbonyl (C=O) groups excluding carboxylic acids is 1. The summed E-state index contributed by atoms with van der Waals surface area (Å²) in [6.07, 6.45) is 0. The molecule has 0 spiro atoms. The molecule has 13 heavy (non-hydrogen) atoms. The van der Waals surface area contributed by atoms with Crippen LogP contribution < -0.4 is 0 Å². The van der Waals surface area contributed by atoms with E-state index in [4.69, 9.17) is 11.6 Å². The maximum absolute atomic E-state index is 12.6. The fourth-order valence-electron chi connectivity index (χ4n) is 1.02. The number of aryl methyl sites for hydroxylation is 1. The first-order valence-corrected chi connectivity index (χ1v) is 4.04. The van der Waals surface area contributed by atoms with Gasteiger partial charge in [0.15, 0.2) is 0 Å². The van der Waals surface area contributed by atoms with Crippen molar-refractivity contribution in [2.24, 2.45) is 0 Å². The molecule has 0 aliphatic carbocycles. The van der Waals surface area contributed by atoms with E-state index in [0.29, 0.717) is 5.56 Å². The van der Waals surface area contributed by atoms with Crippen molar-refractivity contribution in [3.8, 4) is 0 Å². The number of alkyl halides is 2. The van der Waals surface area contributed by atoms with Gasteiger partial charge in [0.25, 0.3) is 0 Å². The molecular weight excluding hydrogens is 198 g/mol. The van der Waals surface area contributed by atoms with Gasteiger partial charge in [-0.25, -0.2) is 8.78 Å². The summed E-state index contributed by atoms with van der Waals surface area (Å²) >= 11 is 4.96. The van der Waals surface area contributed by atoms with Crippen LogP contribution in [0.1, 0.15) is 15.9 Å². The quantitative estimate of drug-likeness (QED) is 0.535. The van der Waals surface area contributed by atoms with Crippen LogP contribution in [0.15, 0.2) is 18.2 Å². The first-order valence-electron chi connectivity index (χ1n) is 3.61. The molecule has 4 heteroatoms. The van der Waals surface area contributed by atoms with Gasteiger partial charge in [0.05, 0.1) is 0 Å². The Bertz CT molecular complexity index is 336. The number of ketones is 1. The van der Waals surface area contributed by atoms with E-state index in [1.165, 1.54) is 13.0 Å². The zero-order chi connectivity index (χ0) is 10.0. The van der Waals surface area contributed by atoms with Gasteiger partial charge in [-0.2, -0.15) is 0 Å². The molecule has 1 unspecified atom stereocenters. The minimum Gasteiger partial charge on any atom is -0.289 e. The monoisotopic (exact) mass is 204 g/mol. The predicted molar refractivity (Wildman–Crippen MR) is 46.2 cm³/mol. The highest BCUT2D eigenvalue weighted by molar-refractivity contribution is 6.32. The van der Waals surface area contributed by atoms with E-state index < -0.39 is 17.2 Å². The molecule has 1 nitrogen and oxygen atoms in total. The lowest BCUT2D eigenvalue weighted by Gasteiger charge is -2.03. The van der Waals surface area contributed by atoms with Gasteiger partial charge in [-0.1, -0.05) is 11.6 Å². The Morgan fingerprint density at radius 2 is 2.15 bits per heavy atom. The summed E-state index contributed by atoms with van der Waals surface area (Å²) in [6, 6.07) is 3.48. The molecule has 0 amide bonds. The Labute approximate surface area is 79.3 Å². The Kier molecular flexibility index (Phi) is 2.98. The van der Waals surface area contributed by atoms with E-state index in [0.717, 1.165) is 12.1 Å². The minimum absolute atomic E-state index is 0.115. The molecular formula is C9H7ClF2O. The van der Waals surface area contributed by atoms with Crippen LogP contribution in [0.3, 0.4) is 0 Å². The second kappa shape index (κ2) is 3.83. The molecule has 0 radical (unpaired) electrons. The van der Waals surface area contributed by atoms with Gasteiger partial charge in [0, 0.05) is 5.56 Å². The normalized spacial score (nSPS) is 12.6. The number of rotatable bonds is 2. The number of halogens is 3. The number of hydrogen-bond acceptors (Lipinski definition) is 1. The third-order valence-electron chi connectivity index (χ3n) is 1.65. The Morgan fingerprint density at radius 1 is 1.54 bits per heavy atom. The van der Waals surface area contributed by atoms with Gasteiger partial charge in [-0.15, -0.1) is 0 Å². The average Bonchev–Trinajstić information content (AvgIpc) is 2.03. The zero-order valence-electron chi connectivity index (χ0n) is 6.85. The van der Waals surface area contributed by atoms with Crippen molar-refractivity contribution < 1.29 is 13.6 Å². The standard InChI is InChI=1S/C9H7ClF2O/c1-5-4-6(11)2-3-7(5)8(13)9(10)12/h2-4,9H,1H3. The second-order valence-electron chi connectivity index (χ2n) is 2.62. The molecule has 1 aromatic rings. The Hall–Kier alpha value is -0.960. The van der Waals surface area contributed by atoms with Gasteiger partial charge in [0.2, 0.25) is 11.4 Å². The maximum atomic E-state index is 12.6. The molecule has 70 valence electrons. The Morgan fingerprint density at radius 3 is 2.62 bits per heavy atom. The lowest BCUT2D eigenvalue weighted by molar-refractivity contribution is 0.0934. The van der Waals surface area contributed by atoms with E-state index in [-0.39, 0.29) is 5.56 Å². The van der Waals surface area contributed by atoms with Gasteiger partial charge in [-0.05, 0) is 30.7 Å². The highest BCUT2D eigenvalue weighted by Gasteiger charge is 2.17. The van der Waals surface area contributed by atoms with Crippen molar-refractivity contribution in [2.75, 3.05) is 0 Å². The third kappa shape index (κ3) is 2.25. The topological polar surface area (TPSA) is 17.1 Å².